The normalized spacial score (nSPS) is 14.4. The van der Waals surface area contributed by atoms with Crippen molar-refractivity contribution in [2.24, 2.45) is 12.8 Å². The van der Waals surface area contributed by atoms with E-state index in [4.69, 9.17) is 5.73 Å². The van der Waals surface area contributed by atoms with E-state index < -0.39 is 5.54 Å². The fourth-order valence-corrected chi connectivity index (χ4v) is 2.31. The van der Waals surface area contributed by atoms with Crippen LogP contribution in [0.1, 0.15) is 26.2 Å². The molecule has 18 heavy (non-hydrogen) atoms. The van der Waals surface area contributed by atoms with Crippen LogP contribution >= 0.6 is 11.8 Å². The van der Waals surface area contributed by atoms with Crippen molar-refractivity contribution in [2.75, 3.05) is 12.8 Å². The fraction of sp³-hybridized carbons (Fsp3) is 0.800. The summed E-state index contributed by atoms with van der Waals surface area (Å²) in [6, 6.07) is 0. The Hall–Kier alpha value is -1.15. The van der Waals surface area contributed by atoms with Gasteiger partial charge in [-0.2, -0.15) is 0 Å². The molecule has 0 aliphatic carbocycles. The van der Waals surface area contributed by atoms with E-state index in [1.54, 1.807) is 23.5 Å². The second-order valence-electron chi connectivity index (χ2n) is 4.34. The first-order valence-electron chi connectivity index (χ1n) is 5.83. The highest BCUT2D eigenvalue weighted by molar-refractivity contribution is 7.99. The zero-order chi connectivity index (χ0) is 13.6. The van der Waals surface area contributed by atoms with Crippen LogP contribution in [0.2, 0.25) is 0 Å². The van der Waals surface area contributed by atoms with Crippen LogP contribution < -0.4 is 11.1 Å². The van der Waals surface area contributed by atoms with E-state index >= 15 is 0 Å². The van der Waals surface area contributed by atoms with Gasteiger partial charge in [0.05, 0.1) is 5.54 Å². The van der Waals surface area contributed by atoms with Gasteiger partial charge >= 0.3 is 0 Å². The zero-order valence-electron chi connectivity index (χ0n) is 11.0. The van der Waals surface area contributed by atoms with Crippen LogP contribution in [0.4, 0.5) is 0 Å². The lowest BCUT2D eigenvalue weighted by molar-refractivity contribution is -0.123. The Morgan fingerprint density at radius 2 is 2.28 bits per heavy atom. The number of carbonyl (C=O) groups excluding carboxylic acids is 1. The van der Waals surface area contributed by atoms with Crippen molar-refractivity contribution in [3.8, 4) is 0 Å². The standard InChI is InChI=1S/C10H20N6OS/c1-10(12-2,8(11)17)6-4-5-7-18-9-13-14-15-16(9)3/h12H,4-7H2,1-3H3,(H2,11,17). The summed E-state index contributed by atoms with van der Waals surface area (Å²) in [6.45, 7) is 1.83. The van der Waals surface area contributed by atoms with Gasteiger partial charge in [-0.1, -0.05) is 18.2 Å². The molecule has 0 fully saturated rings. The number of likely N-dealkylation sites (N-methyl/N-ethyl adjacent to an activating group) is 1. The minimum Gasteiger partial charge on any atom is -0.368 e. The highest BCUT2D eigenvalue weighted by Crippen LogP contribution is 2.18. The molecule has 1 atom stereocenters. The molecule has 0 radical (unpaired) electrons. The molecular weight excluding hydrogens is 252 g/mol. The molecule has 1 aromatic heterocycles. The van der Waals surface area contributed by atoms with E-state index in [2.05, 4.69) is 20.8 Å². The van der Waals surface area contributed by atoms with Crippen molar-refractivity contribution in [2.45, 2.75) is 36.9 Å². The minimum atomic E-state index is -0.614. The molecule has 1 unspecified atom stereocenters. The smallest absolute Gasteiger partial charge is 0.237 e. The molecule has 0 saturated carbocycles. The highest BCUT2D eigenvalue weighted by atomic mass is 32.2. The van der Waals surface area contributed by atoms with Crippen molar-refractivity contribution in [1.29, 1.82) is 0 Å². The van der Waals surface area contributed by atoms with E-state index in [9.17, 15) is 4.79 Å². The second-order valence-corrected chi connectivity index (χ2v) is 5.40. The van der Waals surface area contributed by atoms with Crippen LogP contribution in [0, 0.1) is 0 Å². The quantitative estimate of drug-likeness (QED) is 0.508. The number of carbonyl (C=O) groups is 1. The third kappa shape index (κ3) is 3.95. The fourth-order valence-electron chi connectivity index (χ4n) is 1.46. The number of rotatable bonds is 8. The number of hydrogen-bond acceptors (Lipinski definition) is 6. The van der Waals surface area contributed by atoms with Crippen LogP contribution in [0.25, 0.3) is 0 Å². The molecule has 7 nitrogen and oxygen atoms in total. The van der Waals surface area contributed by atoms with Gasteiger partial charge in [0, 0.05) is 12.8 Å². The van der Waals surface area contributed by atoms with Crippen LogP contribution in [0.3, 0.4) is 0 Å². The van der Waals surface area contributed by atoms with Crippen molar-refractivity contribution in [3.05, 3.63) is 0 Å². The first kappa shape index (κ1) is 14.9. The molecule has 0 spiro atoms. The lowest BCUT2D eigenvalue weighted by Gasteiger charge is -2.25. The number of nitrogens with zero attached hydrogens (tertiary/aromatic N) is 4. The van der Waals surface area contributed by atoms with Crippen LogP contribution in [0.15, 0.2) is 5.16 Å². The maximum absolute atomic E-state index is 11.3. The summed E-state index contributed by atoms with van der Waals surface area (Å²) < 4.78 is 1.64. The van der Waals surface area contributed by atoms with Crippen molar-refractivity contribution < 1.29 is 4.79 Å². The van der Waals surface area contributed by atoms with Gasteiger partial charge in [0.15, 0.2) is 0 Å². The largest absolute Gasteiger partial charge is 0.368 e. The molecule has 0 aromatic carbocycles. The maximum Gasteiger partial charge on any atom is 0.237 e. The summed E-state index contributed by atoms with van der Waals surface area (Å²) >= 11 is 1.61. The summed E-state index contributed by atoms with van der Waals surface area (Å²) in [6.07, 6.45) is 2.65. The Morgan fingerprint density at radius 3 is 2.78 bits per heavy atom. The highest BCUT2D eigenvalue weighted by Gasteiger charge is 2.27. The molecule has 1 rings (SSSR count). The molecule has 8 heteroatoms. The zero-order valence-corrected chi connectivity index (χ0v) is 11.8. The third-order valence-electron chi connectivity index (χ3n) is 2.98. The molecule has 0 saturated heterocycles. The molecule has 1 amide bonds. The number of unbranched alkanes of at least 4 members (excludes halogenated alkanes) is 1. The van der Waals surface area contributed by atoms with Gasteiger partial charge in [-0.3, -0.25) is 4.79 Å². The monoisotopic (exact) mass is 272 g/mol. The lowest BCUT2D eigenvalue weighted by atomic mass is 9.94. The van der Waals surface area contributed by atoms with E-state index in [1.807, 2.05) is 14.0 Å². The number of aryl methyl sites for hydroxylation is 1. The number of nitrogens with two attached hydrogens (primary N) is 1. The number of aromatic nitrogens is 4. The van der Waals surface area contributed by atoms with E-state index in [0.717, 1.165) is 30.2 Å². The summed E-state index contributed by atoms with van der Waals surface area (Å²) in [5, 5.41) is 15.0. The lowest BCUT2D eigenvalue weighted by Crippen LogP contribution is -2.51. The molecule has 0 bridgehead atoms. The molecule has 1 heterocycles. The van der Waals surface area contributed by atoms with Gasteiger partial charge in [0.2, 0.25) is 11.1 Å². The minimum absolute atomic E-state index is 0.310. The van der Waals surface area contributed by atoms with Crippen molar-refractivity contribution >= 4 is 17.7 Å². The average molecular weight is 272 g/mol. The predicted molar refractivity (Wildman–Crippen MR) is 70.0 cm³/mol. The Kier molecular flexibility index (Phi) is 5.54. The number of primary amides is 1. The third-order valence-corrected chi connectivity index (χ3v) is 4.08. The van der Waals surface area contributed by atoms with Gasteiger partial charge in [0.1, 0.15) is 0 Å². The second kappa shape index (κ2) is 6.69. The van der Waals surface area contributed by atoms with E-state index in [0.29, 0.717) is 0 Å². The summed E-state index contributed by atoms with van der Waals surface area (Å²) in [7, 11) is 3.57. The Labute approximate surface area is 111 Å². The molecule has 0 aliphatic rings. The van der Waals surface area contributed by atoms with Crippen LogP contribution in [-0.4, -0.2) is 44.5 Å². The van der Waals surface area contributed by atoms with Gasteiger partial charge in [-0.25, -0.2) is 4.68 Å². The number of tetrazole rings is 1. The van der Waals surface area contributed by atoms with Crippen LogP contribution in [0.5, 0.6) is 0 Å². The summed E-state index contributed by atoms with van der Waals surface area (Å²) in [5.74, 6) is 0.613. The SMILES string of the molecule is CNC(C)(CCCCSc1nnnn1C)C(N)=O. The Balaban J connectivity index is 2.23. The van der Waals surface area contributed by atoms with Crippen molar-refractivity contribution in [3.63, 3.8) is 0 Å². The van der Waals surface area contributed by atoms with Gasteiger partial charge < -0.3 is 11.1 Å². The summed E-state index contributed by atoms with van der Waals surface area (Å²) in [4.78, 5) is 11.3. The molecule has 102 valence electrons. The van der Waals surface area contributed by atoms with Crippen LogP contribution in [-0.2, 0) is 11.8 Å². The first-order chi connectivity index (χ1) is 8.49. The number of thioether (sulfide) groups is 1. The summed E-state index contributed by atoms with van der Waals surface area (Å²) in [5.41, 5.74) is 4.74. The molecule has 1 aromatic rings. The Morgan fingerprint density at radius 1 is 1.56 bits per heavy atom. The Bertz CT molecular complexity index is 395. The van der Waals surface area contributed by atoms with E-state index in [-0.39, 0.29) is 5.91 Å². The molecule has 3 N–H and O–H groups in total. The molecular formula is C10H20N6OS. The number of amides is 1. The van der Waals surface area contributed by atoms with Crippen molar-refractivity contribution in [1.82, 2.24) is 25.5 Å². The van der Waals surface area contributed by atoms with Gasteiger partial charge in [-0.15, -0.1) is 5.10 Å². The van der Waals surface area contributed by atoms with Gasteiger partial charge in [0.25, 0.3) is 0 Å². The number of hydrogen-bond donors (Lipinski definition) is 2. The average Bonchev–Trinajstić information content (AvgIpc) is 2.74. The van der Waals surface area contributed by atoms with E-state index in [1.165, 1.54) is 0 Å². The van der Waals surface area contributed by atoms with Gasteiger partial charge in [-0.05, 0) is 37.2 Å². The topological polar surface area (TPSA) is 98.7 Å². The molecule has 0 aliphatic heterocycles. The maximum atomic E-state index is 11.3. The first-order valence-corrected chi connectivity index (χ1v) is 6.82. The predicted octanol–water partition coefficient (Wildman–Crippen LogP) is -0.0641. The number of nitrogens with one attached hydrogen (secondary N) is 1.